The summed E-state index contributed by atoms with van der Waals surface area (Å²) in [4.78, 5) is 18.5. The quantitative estimate of drug-likeness (QED) is 0.613. The fourth-order valence-electron chi connectivity index (χ4n) is 2.98. The van der Waals surface area contributed by atoms with E-state index in [9.17, 15) is 4.79 Å². The van der Waals surface area contributed by atoms with Crippen molar-refractivity contribution in [3.05, 3.63) is 63.7 Å². The number of methoxy groups -OCH3 is 3. The molecular formula is C22H24N2O4S. The lowest BCUT2D eigenvalue weighted by Gasteiger charge is -2.15. The SMILES string of the molecule is COc1ccc(C(=O)Nc2nc(C)c(Cc3ccc(C)cc3)s2)c(OC)c1OC. The Morgan fingerprint density at radius 2 is 1.66 bits per heavy atom. The number of hydrogen-bond donors (Lipinski definition) is 1. The Labute approximate surface area is 174 Å². The number of nitrogens with one attached hydrogen (secondary N) is 1. The average molecular weight is 413 g/mol. The minimum atomic E-state index is -0.321. The van der Waals surface area contributed by atoms with Crippen LogP contribution in [0, 0.1) is 13.8 Å². The summed E-state index contributed by atoms with van der Waals surface area (Å²) in [6.45, 7) is 4.02. The van der Waals surface area contributed by atoms with E-state index in [1.54, 1.807) is 12.1 Å². The van der Waals surface area contributed by atoms with Crippen LogP contribution >= 0.6 is 11.3 Å². The van der Waals surface area contributed by atoms with Gasteiger partial charge in [-0.05, 0) is 31.5 Å². The van der Waals surface area contributed by atoms with Crippen molar-refractivity contribution in [1.29, 1.82) is 0 Å². The number of benzene rings is 2. The largest absolute Gasteiger partial charge is 0.493 e. The Kier molecular flexibility index (Phi) is 6.39. The zero-order valence-corrected chi connectivity index (χ0v) is 18.0. The molecule has 152 valence electrons. The van der Waals surface area contributed by atoms with Gasteiger partial charge in [0.25, 0.3) is 5.91 Å². The Morgan fingerprint density at radius 1 is 0.966 bits per heavy atom. The molecule has 2 aromatic carbocycles. The predicted molar refractivity (Wildman–Crippen MR) is 115 cm³/mol. The molecule has 0 aliphatic rings. The Morgan fingerprint density at radius 3 is 2.28 bits per heavy atom. The number of nitrogens with zero attached hydrogens (tertiary/aromatic N) is 1. The van der Waals surface area contributed by atoms with Gasteiger partial charge in [0.1, 0.15) is 0 Å². The van der Waals surface area contributed by atoms with Crippen LogP contribution in [0.5, 0.6) is 17.2 Å². The van der Waals surface area contributed by atoms with Crippen molar-refractivity contribution >= 4 is 22.4 Å². The third-order valence-corrected chi connectivity index (χ3v) is 5.62. The Balaban J connectivity index is 1.82. The minimum absolute atomic E-state index is 0.317. The first-order chi connectivity index (χ1) is 14.0. The normalized spacial score (nSPS) is 10.5. The number of ether oxygens (including phenoxy) is 3. The van der Waals surface area contributed by atoms with Crippen molar-refractivity contribution in [3.63, 3.8) is 0 Å². The van der Waals surface area contributed by atoms with Crippen LogP contribution in [-0.2, 0) is 6.42 Å². The highest BCUT2D eigenvalue weighted by Crippen LogP contribution is 2.40. The molecule has 0 fully saturated rings. The molecule has 0 bridgehead atoms. The van der Waals surface area contributed by atoms with Gasteiger partial charge in [-0.1, -0.05) is 29.8 Å². The number of anilines is 1. The Bertz CT molecular complexity index is 1010. The standard InChI is InChI=1S/C22H24N2O4S/c1-13-6-8-15(9-7-13)12-18-14(2)23-22(29-18)24-21(25)16-10-11-17(26-3)20(28-5)19(16)27-4/h6-11H,12H2,1-5H3,(H,23,24,25). The van der Waals surface area contributed by atoms with Crippen LogP contribution in [0.2, 0.25) is 0 Å². The molecule has 0 aliphatic carbocycles. The summed E-state index contributed by atoms with van der Waals surface area (Å²) in [7, 11) is 4.52. The maximum atomic E-state index is 12.9. The number of rotatable bonds is 7. The topological polar surface area (TPSA) is 69.7 Å². The molecule has 0 atom stereocenters. The third-order valence-electron chi connectivity index (χ3n) is 4.55. The van der Waals surface area contributed by atoms with E-state index in [2.05, 4.69) is 41.5 Å². The second kappa shape index (κ2) is 8.96. The first-order valence-corrected chi connectivity index (χ1v) is 9.90. The molecule has 1 N–H and O–H groups in total. The first-order valence-electron chi connectivity index (χ1n) is 9.09. The van der Waals surface area contributed by atoms with E-state index in [4.69, 9.17) is 14.2 Å². The molecule has 1 aromatic heterocycles. The van der Waals surface area contributed by atoms with Crippen LogP contribution in [0.3, 0.4) is 0 Å². The summed E-state index contributed by atoms with van der Waals surface area (Å²) in [5.74, 6) is 0.861. The van der Waals surface area contributed by atoms with Gasteiger partial charge in [-0.3, -0.25) is 10.1 Å². The highest BCUT2D eigenvalue weighted by molar-refractivity contribution is 7.15. The molecule has 7 heteroatoms. The second-order valence-electron chi connectivity index (χ2n) is 6.53. The average Bonchev–Trinajstić information content (AvgIpc) is 3.06. The van der Waals surface area contributed by atoms with Crippen LogP contribution in [0.1, 0.15) is 32.1 Å². The van der Waals surface area contributed by atoms with Gasteiger partial charge in [0, 0.05) is 11.3 Å². The monoisotopic (exact) mass is 412 g/mol. The van der Waals surface area contributed by atoms with E-state index in [0.717, 1.165) is 17.0 Å². The minimum Gasteiger partial charge on any atom is -0.493 e. The van der Waals surface area contributed by atoms with Crippen molar-refractivity contribution in [2.75, 3.05) is 26.6 Å². The van der Waals surface area contributed by atoms with Crippen molar-refractivity contribution in [2.24, 2.45) is 0 Å². The zero-order chi connectivity index (χ0) is 21.0. The fourth-order valence-corrected chi connectivity index (χ4v) is 3.97. The van der Waals surface area contributed by atoms with Gasteiger partial charge >= 0.3 is 0 Å². The van der Waals surface area contributed by atoms with Crippen molar-refractivity contribution in [2.45, 2.75) is 20.3 Å². The van der Waals surface area contributed by atoms with Crippen LogP contribution < -0.4 is 19.5 Å². The summed E-state index contributed by atoms with van der Waals surface area (Å²) < 4.78 is 16.0. The molecule has 0 radical (unpaired) electrons. The molecule has 1 heterocycles. The molecule has 0 unspecified atom stereocenters. The lowest BCUT2D eigenvalue weighted by Crippen LogP contribution is -2.13. The van der Waals surface area contributed by atoms with Gasteiger partial charge in [0.15, 0.2) is 16.6 Å². The molecule has 3 aromatic rings. The van der Waals surface area contributed by atoms with Crippen LogP contribution in [0.25, 0.3) is 0 Å². The zero-order valence-electron chi connectivity index (χ0n) is 17.2. The predicted octanol–water partition coefficient (Wildman–Crippen LogP) is 4.63. The number of aromatic nitrogens is 1. The summed E-state index contributed by atoms with van der Waals surface area (Å²) in [5.41, 5.74) is 3.69. The van der Waals surface area contributed by atoms with Gasteiger partial charge in [0.05, 0.1) is 32.6 Å². The van der Waals surface area contributed by atoms with Gasteiger partial charge < -0.3 is 14.2 Å². The highest BCUT2D eigenvalue weighted by Gasteiger charge is 2.22. The number of amides is 1. The van der Waals surface area contributed by atoms with Gasteiger partial charge in [0.2, 0.25) is 5.75 Å². The van der Waals surface area contributed by atoms with Crippen molar-refractivity contribution in [1.82, 2.24) is 4.98 Å². The third kappa shape index (κ3) is 4.51. The number of carbonyl (C=O) groups excluding carboxylic acids is 1. The molecule has 6 nitrogen and oxygen atoms in total. The summed E-state index contributed by atoms with van der Waals surface area (Å²) in [6.07, 6.45) is 0.777. The lowest BCUT2D eigenvalue weighted by atomic mass is 10.1. The highest BCUT2D eigenvalue weighted by atomic mass is 32.1. The molecular weight excluding hydrogens is 388 g/mol. The van der Waals surface area contributed by atoms with E-state index in [1.165, 1.54) is 43.8 Å². The van der Waals surface area contributed by atoms with Crippen molar-refractivity contribution in [3.8, 4) is 17.2 Å². The number of thiazole rings is 1. The smallest absolute Gasteiger partial charge is 0.261 e. The van der Waals surface area contributed by atoms with Gasteiger partial charge in [-0.15, -0.1) is 11.3 Å². The van der Waals surface area contributed by atoms with Gasteiger partial charge in [-0.2, -0.15) is 0 Å². The molecule has 0 aliphatic heterocycles. The van der Waals surface area contributed by atoms with E-state index >= 15 is 0 Å². The summed E-state index contributed by atoms with van der Waals surface area (Å²) in [5, 5.41) is 3.42. The number of aryl methyl sites for hydroxylation is 2. The molecule has 0 saturated heterocycles. The van der Waals surface area contributed by atoms with Crippen LogP contribution in [-0.4, -0.2) is 32.2 Å². The summed E-state index contributed by atoms with van der Waals surface area (Å²) in [6, 6.07) is 11.7. The fraction of sp³-hybridized carbons (Fsp3) is 0.273. The van der Waals surface area contributed by atoms with Crippen LogP contribution in [0.15, 0.2) is 36.4 Å². The number of carbonyl (C=O) groups is 1. The second-order valence-corrected chi connectivity index (χ2v) is 7.61. The lowest BCUT2D eigenvalue weighted by molar-refractivity contribution is 0.102. The Hall–Kier alpha value is -3.06. The number of hydrogen-bond acceptors (Lipinski definition) is 6. The van der Waals surface area contributed by atoms with Crippen LogP contribution in [0.4, 0.5) is 5.13 Å². The van der Waals surface area contributed by atoms with E-state index < -0.39 is 0 Å². The molecule has 0 spiro atoms. The molecule has 1 amide bonds. The van der Waals surface area contributed by atoms with Crippen molar-refractivity contribution < 1.29 is 19.0 Å². The van der Waals surface area contributed by atoms with E-state index in [1.807, 2.05) is 6.92 Å². The molecule has 3 rings (SSSR count). The summed E-state index contributed by atoms with van der Waals surface area (Å²) >= 11 is 1.47. The molecule has 29 heavy (non-hydrogen) atoms. The maximum Gasteiger partial charge on any atom is 0.261 e. The maximum absolute atomic E-state index is 12.9. The van der Waals surface area contributed by atoms with E-state index in [0.29, 0.717) is 27.9 Å². The first kappa shape index (κ1) is 20.7. The van der Waals surface area contributed by atoms with Gasteiger partial charge in [-0.25, -0.2) is 4.98 Å². The molecule has 0 saturated carbocycles. The van der Waals surface area contributed by atoms with E-state index in [-0.39, 0.29) is 5.91 Å².